The van der Waals surface area contributed by atoms with Gasteiger partial charge in [-0.2, -0.15) is 0 Å². The summed E-state index contributed by atoms with van der Waals surface area (Å²) in [5.74, 6) is -1.00. The number of hydrogen-bond acceptors (Lipinski definition) is 4. The molecule has 70 valence electrons. The predicted molar refractivity (Wildman–Crippen MR) is 41.6 cm³/mol. The quantitative estimate of drug-likeness (QED) is 0.736. The molecule has 0 bridgehead atoms. The van der Waals surface area contributed by atoms with Crippen LogP contribution in [0.4, 0.5) is 0 Å². The van der Waals surface area contributed by atoms with Crippen LogP contribution in [-0.4, -0.2) is 29.4 Å². The van der Waals surface area contributed by atoms with E-state index in [2.05, 4.69) is 9.68 Å². The Morgan fingerprint density at radius 2 is 2.54 bits per heavy atom. The molecule has 0 amide bonds. The third-order valence-corrected chi connectivity index (χ3v) is 2.09. The fourth-order valence-electron chi connectivity index (χ4n) is 1.35. The summed E-state index contributed by atoms with van der Waals surface area (Å²) in [6.45, 7) is 1.31. The molecule has 1 aliphatic heterocycles. The van der Waals surface area contributed by atoms with Crippen LogP contribution in [0.15, 0.2) is 10.6 Å². The molecule has 2 rings (SSSR count). The third-order valence-electron chi connectivity index (χ3n) is 2.09. The van der Waals surface area contributed by atoms with Gasteiger partial charge in [-0.1, -0.05) is 5.16 Å². The maximum absolute atomic E-state index is 10.5. The molecule has 1 saturated heterocycles. The highest BCUT2D eigenvalue weighted by Gasteiger charge is 2.22. The highest BCUT2D eigenvalue weighted by atomic mass is 16.5. The van der Waals surface area contributed by atoms with Crippen molar-refractivity contribution in [2.75, 3.05) is 13.2 Å². The van der Waals surface area contributed by atoms with E-state index in [1.165, 1.54) is 6.07 Å². The summed E-state index contributed by atoms with van der Waals surface area (Å²) in [6, 6.07) is 1.46. The molecule has 0 aromatic carbocycles. The molecular weight excluding hydrogens is 174 g/mol. The van der Waals surface area contributed by atoms with Crippen molar-refractivity contribution in [3.8, 4) is 0 Å². The Morgan fingerprint density at radius 3 is 3.08 bits per heavy atom. The van der Waals surface area contributed by atoms with E-state index in [1.807, 2.05) is 0 Å². The van der Waals surface area contributed by atoms with Gasteiger partial charge >= 0.3 is 5.97 Å². The molecule has 1 N–H and O–H groups in total. The second-order valence-electron chi connectivity index (χ2n) is 2.98. The van der Waals surface area contributed by atoms with E-state index in [0.717, 1.165) is 6.42 Å². The number of carboxylic acids is 1. The Balaban J connectivity index is 2.16. The Kier molecular flexibility index (Phi) is 2.02. The fraction of sp³-hybridized carbons (Fsp3) is 0.500. The Morgan fingerprint density at radius 1 is 1.69 bits per heavy atom. The Labute approximate surface area is 74.3 Å². The van der Waals surface area contributed by atoms with Crippen LogP contribution in [-0.2, 0) is 4.74 Å². The first kappa shape index (κ1) is 8.25. The van der Waals surface area contributed by atoms with Crippen molar-refractivity contribution in [1.29, 1.82) is 0 Å². The van der Waals surface area contributed by atoms with Gasteiger partial charge in [0.2, 0.25) is 5.76 Å². The van der Waals surface area contributed by atoms with Gasteiger partial charge in [-0.25, -0.2) is 4.79 Å². The Hall–Kier alpha value is -1.36. The maximum Gasteiger partial charge on any atom is 0.374 e. The van der Waals surface area contributed by atoms with E-state index >= 15 is 0 Å². The molecule has 1 fully saturated rings. The van der Waals surface area contributed by atoms with Crippen molar-refractivity contribution < 1.29 is 19.2 Å². The zero-order valence-electron chi connectivity index (χ0n) is 6.90. The molecule has 5 heteroatoms. The zero-order valence-corrected chi connectivity index (χ0v) is 6.90. The predicted octanol–water partition coefficient (Wildman–Crippen LogP) is 0.877. The first-order chi connectivity index (χ1) is 6.27. The van der Waals surface area contributed by atoms with E-state index < -0.39 is 5.97 Å². The largest absolute Gasteiger partial charge is 0.475 e. The monoisotopic (exact) mass is 183 g/mol. The lowest BCUT2D eigenvalue weighted by molar-refractivity contribution is 0.0652. The first-order valence-corrected chi connectivity index (χ1v) is 4.05. The summed E-state index contributed by atoms with van der Waals surface area (Å²) in [6.07, 6.45) is 0.881. The topological polar surface area (TPSA) is 72.6 Å². The number of aromatic nitrogens is 1. The minimum atomic E-state index is -1.09. The minimum Gasteiger partial charge on any atom is -0.475 e. The fourth-order valence-corrected chi connectivity index (χ4v) is 1.35. The molecule has 1 aromatic heterocycles. The normalized spacial score (nSPS) is 22.0. The van der Waals surface area contributed by atoms with Gasteiger partial charge in [0.05, 0.1) is 12.3 Å². The number of aromatic carboxylic acids is 1. The van der Waals surface area contributed by atoms with Crippen molar-refractivity contribution in [3.05, 3.63) is 17.5 Å². The third kappa shape index (κ3) is 1.55. The van der Waals surface area contributed by atoms with Crippen molar-refractivity contribution in [2.45, 2.75) is 12.3 Å². The number of carbonyl (C=O) groups is 1. The minimum absolute atomic E-state index is 0.109. The van der Waals surface area contributed by atoms with Crippen LogP contribution in [0, 0.1) is 0 Å². The van der Waals surface area contributed by atoms with Crippen LogP contribution in [0.1, 0.15) is 28.6 Å². The van der Waals surface area contributed by atoms with Gasteiger partial charge in [-0.05, 0) is 6.42 Å². The summed E-state index contributed by atoms with van der Waals surface area (Å²) in [7, 11) is 0. The highest BCUT2D eigenvalue weighted by molar-refractivity contribution is 5.84. The molecule has 13 heavy (non-hydrogen) atoms. The van der Waals surface area contributed by atoms with Gasteiger partial charge in [-0.3, -0.25) is 0 Å². The lowest BCUT2D eigenvalue weighted by Crippen LogP contribution is -1.97. The average Bonchev–Trinajstić information content (AvgIpc) is 2.75. The lowest BCUT2D eigenvalue weighted by atomic mass is 10.1. The summed E-state index contributed by atoms with van der Waals surface area (Å²) in [5, 5.41) is 12.3. The van der Waals surface area contributed by atoms with Crippen LogP contribution in [0.25, 0.3) is 0 Å². The Bertz CT molecular complexity index is 314. The van der Waals surface area contributed by atoms with Gasteiger partial charge in [-0.15, -0.1) is 0 Å². The SMILES string of the molecule is O=C(O)c1cc([C@H]2CCOC2)no1. The number of carboxylic acid groups (broad SMARTS) is 1. The van der Waals surface area contributed by atoms with Gasteiger partial charge < -0.3 is 14.4 Å². The van der Waals surface area contributed by atoms with Gasteiger partial charge in [0.15, 0.2) is 0 Å². The summed E-state index contributed by atoms with van der Waals surface area (Å²) >= 11 is 0. The number of nitrogens with zero attached hydrogens (tertiary/aromatic N) is 1. The smallest absolute Gasteiger partial charge is 0.374 e. The second kappa shape index (κ2) is 3.18. The molecule has 0 saturated carbocycles. The van der Waals surface area contributed by atoms with Crippen molar-refractivity contribution >= 4 is 5.97 Å². The maximum atomic E-state index is 10.5. The molecule has 0 unspecified atom stereocenters. The molecule has 5 nitrogen and oxygen atoms in total. The van der Waals surface area contributed by atoms with Crippen molar-refractivity contribution in [1.82, 2.24) is 5.16 Å². The van der Waals surface area contributed by atoms with Crippen LogP contribution in [0.5, 0.6) is 0 Å². The molecule has 0 spiro atoms. The van der Waals surface area contributed by atoms with E-state index in [0.29, 0.717) is 18.9 Å². The molecule has 1 aromatic rings. The van der Waals surface area contributed by atoms with Crippen LogP contribution >= 0.6 is 0 Å². The van der Waals surface area contributed by atoms with Gasteiger partial charge in [0.25, 0.3) is 0 Å². The van der Waals surface area contributed by atoms with Crippen molar-refractivity contribution in [2.24, 2.45) is 0 Å². The summed E-state index contributed by atoms with van der Waals surface area (Å²) < 4.78 is 9.79. The summed E-state index contributed by atoms with van der Waals surface area (Å²) in [5.41, 5.74) is 0.676. The molecular formula is C8H9NO4. The van der Waals surface area contributed by atoms with Crippen molar-refractivity contribution in [3.63, 3.8) is 0 Å². The highest BCUT2D eigenvalue weighted by Crippen LogP contribution is 2.24. The van der Waals surface area contributed by atoms with Crippen LogP contribution < -0.4 is 0 Å². The van der Waals surface area contributed by atoms with Gasteiger partial charge in [0, 0.05) is 18.6 Å². The number of ether oxygens (including phenoxy) is 1. The van der Waals surface area contributed by atoms with Gasteiger partial charge in [0.1, 0.15) is 0 Å². The molecule has 2 heterocycles. The summed E-state index contributed by atoms with van der Waals surface area (Å²) in [4.78, 5) is 10.5. The van der Waals surface area contributed by atoms with E-state index in [1.54, 1.807) is 0 Å². The van der Waals surface area contributed by atoms with E-state index in [4.69, 9.17) is 9.84 Å². The standard InChI is InChI=1S/C8H9NO4/c10-8(11)7-3-6(9-13-7)5-1-2-12-4-5/h3,5H,1-2,4H2,(H,10,11)/t5-/m0/s1. The van der Waals surface area contributed by atoms with Crippen LogP contribution in [0.2, 0.25) is 0 Å². The zero-order chi connectivity index (χ0) is 9.26. The second-order valence-corrected chi connectivity index (χ2v) is 2.98. The van der Waals surface area contributed by atoms with Crippen LogP contribution in [0.3, 0.4) is 0 Å². The molecule has 0 radical (unpaired) electrons. The van der Waals surface area contributed by atoms with E-state index in [-0.39, 0.29) is 11.7 Å². The molecule has 0 aliphatic carbocycles. The molecule has 1 atom stereocenters. The van der Waals surface area contributed by atoms with E-state index in [9.17, 15) is 4.79 Å². The lowest BCUT2D eigenvalue weighted by Gasteiger charge is -1.98. The first-order valence-electron chi connectivity index (χ1n) is 4.05. The average molecular weight is 183 g/mol. The number of hydrogen-bond donors (Lipinski definition) is 1. The number of rotatable bonds is 2. The molecule has 1 aliphatic rings.